The number of hydrogen-bond donors (Lipinski definition) is 0. The maximum atomic E-state index is 13.8. The van der Waals surface area contributed by atoms with Gasteiger partial charge in [0.1, 0.15) is 17.8 Å². The van der Waals surface area contributed by atoms with Crippen molar-refractivity contribution >= 4 is 17.8 Å². The van der Waals surface area contributed by atoms with E-state index in [0.29, 0.717) is 0 Å². The minimum absolute atomic E-state index is 0.618. The lowest BCUT2D eigenvalue weighted by Crippen LogP contribution is -2.29. The first-order valence-electron chi connectivity index (χ1n) is 5.90. The average molecular weight is 320 g/mol. The van der Waals surface area contributed by atoms with E-state index in [1.807, 2.05) is 0 Å². The van der Waals surface area contributed by atoms with Crippen molar-refractivity contribution in [1.29, 1.82) is 0 Å². The molecule has 1 nitrogen and oxygen atoms in total. The molecule has 0 heterocycles. The van der Waals surface area contributed by atoms with Gasteiger partial charge < -0.3 is 4.57 Å². The Morgan fingerprint density at radius 2 is 1.19 bits per heavy atom. The Morgan fingerprint density at radius 1 is 0.810 bits per heavy atom. The van der Waals surface area contributed by atoms with Crippen LogP contribution in [0.25, 0.3) is 0 Å². The normalized spacial score (nSPS) is 12.4. The third-order valence-electron chi connectivity index (χ3n) is 2.89. The van der Waals surface area contributed by atoms with Crippen LogP contribution in [0.5, 0.6) is 0 Å². The van der Waals surface area contributed by atoms with Crippen LogP contribution in [0, 0.1) is 11.6 Å². The van der Waals surface area contributed by atoms with Crippen LogP contribution in [0.4, 0.5) is 22.0 Å². The van der Waals surface area contributed by atoms with Crippen LogP contribution in [0.15, 0.2) is 48.5 Å². The molecular formula is C14H10F5OP. The molecule has 0 amide bonds. The van der Waals surface area contributed by atoms with Crippen LogP contribution in [-0.2, 0) is 4.57 Å². The molecule has 7 heteroatoms. The second kappa shape index (κ2) is 5.60. The summed E-state index contributed by atoms with van der Waals surface area (Å²) in [5, 5.41) is -1.24. The average Bonchev–Trinajstić information content (AvgIpc) is 2.37. The number of halogens is 5. The Hall–Kier alpha value is -1.68. The minimum atomic E-state index is -4.82. The van der Waals surface area contributed by atoms with Crippen molar-refractivity contribution in [2.24, 2.45) is 0 Å². The zero-order valence-electron chi connectivity index (χ0n) is 10.6. The fourth-order valence-electron chi connectivity index (χ4n) is 2.04. The van der Waals surface area contributed by atoms with Crippen molar-refractivity contribution in [2.45, 2.75) is 6.18 Å². The minimum Gasteiger partial charge on any atom is -0.313 e. The summed E-state index contributed by atoms with van der Waals surface area (Å²) in [4.78, 5) is 0. The summed E-state index contributed by atoms with van der Waals surface area (Å²) in [6, 6.07) is 8.85. The van der Waals surface area contributed by atoms with Crippen molar-refractivity contribution < 1.29 is 26.5 Å². The second-order valence-corrected chi connectivity index (χ2v) is 7.18. The lowest BCUT2D eigenvalue weighted by molar-refractivity contribution is -0.106. The van der Waals surface area contributed by atoms with Gasteiger partial charge in [0.2, 0.25) is 0 Å². The number of benzene rings is 2. The maximum Gasteiger partial charge on any atom is 0.396 e. The zero-order valence-corrected chi connectivity index (χ0v) is 11.5. The SMILES string of the molecule is O=P(CC(F)(F)F)(c1ccccc1F)c1ccccc1F. The summed E-state index contributed by atoms with van der Waals surface area (Å²) in [5.41, 5.74) is 0. The van der Waals surface area contributed by atoms with E-state index in [4.69, 9.17) is 0 Å². The lowest BCUT2D eigenvalue weighted by Gasteiger charge is -2.21. The third-order valence-corrected chi connectivity index (χ3v) is 5.97. The topological polar surface area (TPSA) is 17.1 Å². The first-order valence-corrected chi connectivity index (χ1v) is 7.79. The second-order valence-electron chi connectivity index (χ2n) is 4.42. The zero-order chi connectivity index (χ0) is 15.7. The van der Waals surface area contributed by atoms with Gasteiger partial charge in [-0.1, -0.05) is 24.3 Å². The summed E-state index contributed by atoms with van der Waals surface area (Å²) in [6.45, 7) is 0. The van der Waals surface area contributed by atoms with Gasteiger partial charge in [0.25, 0.3) is 0 Å². The highest BCUT2D eigenvalue weighted by molar-refractivity contribution is 7.78. The van der Waals surface area contributed by atoms with Gasteiger partial charge in [-0.25, -0.2) is 8.78 Å². The Kier molecular flexibility index (Phi) is 4.19. The molecule has 0 saturated heterocycles. The van der Waals surface area contributed by atoms with E-state index in [0.717, 1.165) is 24.3 Å². The van der Waals surface area contributed by atoms with Gasteiger partial charge in [-0.3, -0.25) is 0 Å². The summed E-state index contributed by atoms with van der Waals surface area (Å²) < 4.78 is 78.8. The van der Waals surface area contributed by atoms with E-state index in [1.165, 1.54) is 24.3 Å². The molecule has 2 aromatic rings. The molecular weight excluding hydrogens is 310 g/mol. The predicted molar refractivity (Wildman–Crippen MR) is 70.6 cm³/mol. The van der Waals surface area contributed by atoms with Gasteiger partial charge in [-0.05, 0) is 24.3 Å². The van der Waals surface area contributed by atoms with Gasteiger partial charge in [-0.2, -0.15) is 13.2 Å². The van der Waals surface area contributed by atoms with Crippen LogP contribution in [0.1, 0.15) is 0 Å². The molecule has 0 bridgehead atoms. The summed E-state index contributed by atoms with van der Waals surface area (Å²) in [6.07, 6.45) is -6.61. The number of hydrogen-bond acceptors (Lipinski definition) is 1. The van der Waals surface area contributed by atoms with Crippen molar-refractivity contribution in [3.63, 3.8) is 0 Å². The Morgan fingerprint density at radius 3 is 1.52 bits per heavy atom. The fourth-order valence-corrected chi connectivity index (χ4v) is 4.64. The molecule has 0 radical (unpaired) electrons. The quantitative estimate of drug-likeness (QED) is 0.620. The van der Waals surface area contributed by atoms with Crippen molar-refractivity contribution in [1.82, 2.24) is 0 Å². The van der Waals surface area contributed by atoms with E-state index < -0.39 is 41.7 Å². The molecule has 112 valence electrons. The van der Waals surface area contributed by atoms with Crippen LogP contribution >= 0.6 is 7.14 Å². The van der Waals surface area contributed by atoms with Gasteiger partial charge in [0, 0.05) is 0 Å². The molecule has 0 aliphatic rings. The van der Waals surface area contributed by atoms with Gasteiger partial charge in [0.05, 0.1) is 10.6 Å². The maximum absolute atomic E-state index is 13.8. The molecule has 2 aromatic carbocycles. The van der Waals surface area contributed by atoms with E-state index in [9.17, 15) is 26.5 Å². The van der Waals surface area contributed by atoms with E-state index in [2.05, 4.69) is 0 Å². The lowest BCUT2D eigenvalue weighted by atomic mass is 10.3. The van der Waals surface area contributed by atoms with Crippen LogP contribution < -0.4 is 10.6 Å². The van der Waals surface area contributed by atoms with Crippen LogP contribution in [-0.4, -0.2) is 12.3 Å². The first-order chi connectivity index (χ1) is 9.74. The van der Waals surface area contributed by atoms with E-state index in [-0.39, 0.29) is 0 Å². The standard InChI is InChI=1S/C14H10F5OP/c15-10-5-1-3-7-12(10)21(20,9-14(17,18)19)13-8-4-2-6-11(13)16/h1-8H,9H2. The van der Waals surface area contributed by atoms with Crippen LogP contribution in [0.2, 0.25) is 0 Å². The molecule has 0 aliphatic carbocycles. The molecule has 2 rings (SSSR count). The molecule has 0 fully saturated rings. The summed E-state index contributed by atoms with van der Waals surface area (Å²) in [5.74, 6) is -2.10. The van der Waals surface area contributed by atoms with Gasteiger partial charge in [0.15, 0.2) is 7.14 Å². The molecule has 0 atom stereocenters. The van der Waals surface area contributed by atoms with Crippen molar-refractivity contribution in [2.75, 3.05) is 6.16 Å². The van der Waals surface area contributed by atoms with Crippen molar-refractivity contribution in [3.8, 4) is 0 Å². The van der Waals surface area contributed by atoms with Crippen LogP contribution in [0.3, 0.4) is 0 Å². The highest BCUT2D eigenvalue weighted by Crippen LogP contribution is 2.48. The predicted octanol–water partition coefficient (Wildman–Crippen LogP) is 3.84. The molecule has 0 unspecified atom stereocenters. The monoisotopic (exact) mass is 320 g/mol. The summed E-state index contributed by atoms with van der Waals surface area (Å²) in [7, 11) is -4.50. The smallest absolute Gasteiger partial charge is 0.313 e. The Bertz CT molecular complexity index is 646. The Labute approximate surface area is 117 Å². The fraction of sp³-hybridized carbons (Fsp3) is 0.143. The number of rotatable bonds is 3. The number of alkyl halides is 3. The van der Waals surface area contributed by atoms with Crippen molar-refractivity contribution in [3.05, 3.63) is 60.2 Å². The first kappa shape index (κ1) is 15.7. The van der Waals surface area contributed by atoms with E-state index in [1.54, 1.807) is 0 Å². The Balaban J connectivity index is 2.70. The molecule has 21 heavy (non-hydrogen) atoms. The summed E-state index contributed by atoms with van der Waals surface area (Å²) >= 11 is 0. The van der Waals surface area contributed by atoms with E-state index >= 15 is 0 Å². The van der Waals surface area contributed by atoms with Gasteiger partial charge in [-0.15, -0.1) is 0 Å². The highest BCUT2D eigenvalue weighted by Gasteiger charge is 2.43. The molecule has 0 aromatic heterocycles. The largest absolute Gasteiger partial charge is 0.396 e. The third kappa shape index (κ3) is 3.32. The molecule has 0 spiro atoms. The highest BCUT2D eigenvalue weighted by atomic mass is 31.2. The molecule has 0 saturated carbocycles. The van der Waals surface area contributed by atoms with Gasteiger partial charge >= 0.3 is 6.18 Å². The molecule has 0 aliphatic heterocycles. The molecule has 0 N–H and O–H groups in total.